The lowest BCUT2D eigenvalue weighted by atomic mass is 10.2. The van der Waals surface area contributed by atoms with E-state index in [0.717, 1.165) is 13.0 Å². The standard InChI is InChI=1S/C14H22ClN3O3/c1-3-4-16-13-9-11(12(15)10-18-13)14(19)17-5-6-21-8-7-20-2/h9-10H,3-8H2,1-2H3,(H,16,18)(H,17,19). The Balaban J connectivity index is 2.45. The van der Waals surface area contributed by atoms with Crippen LogP contribution >= 0.6 is 11.6 Å². The van der Waals surface area contributed by atoms with Gasteiger partial charge in [-0.15, -0.1) is 0 Å². The van der Waals surface area contributed by atoms with Gasteiger partial charge >= 0.3 is 0 Å². The van der Waals surface area contributed by atoms with E-state index >= 15 is 0 Å². The molecule has 0 fully saturated rings. The Morgan fingerprint density at radius 3 is 2.86 bits per heavy atom. The first-order valence-corrected chi connectivity index (χ1v) is 7.31. The summed E-state index contributed by atoms with van der Waals surface area (Å²) in [5.74, 6) is 0.403. The molecule has 0 aliphatic rings. The molecule has 118 valence electrons. The van der Waals surface area contributed by atoms with Gasteiger partial charge in [-0.3, -0.25) is 4.79 Å². The summed E-state index contributed by atoms with van der Waals surface area (Å²) in [4.78, 5) is 16.2. The first-order chi connectivity index (χ1) is 10.2. The van der Waals surface area contributed by atoms with E-state index in [1.165, 1.54) is 6.20 Å². The number of pyridine rings is 1. The van der Waals surface area contributed by atoms with Crippen LogP contribution in [-0.4, -0.2) is 50.9 Å². The molecule has 1 amide bonds. The topological polar surface area (TPSA) is 72.5 Å². The third-order valence-corrected chi connectivity index (χ3v) is 2.92. The van der Waals surface area contributed by atoms with Crippen molar-refractivity contribution in [3.05, 3.63) is 22.8 Å². The van der Waals surface area contributed by atoms with Crippen molar-refractivity contribution < 1.29 is 14.3 Å². The number of methoxy groups -OCH3 is 1. The maximum atomic E-state index is 12.0. The van der Waals surface area contributed by atoms with Gasteiger partial charge < -0.3 is 20.1 Å². The van der Waals surface area contributed by atoms with Gasteiger partial charge in [0.1, 0.15) is 5.82 Å². The van der Waals surface area contributed by atoms with Gasteiger partial charge in [0.2, 0.25) is 0 Å². The SMILES string of the molecule is CCCNc1cc(C(=O)NCCOCCOC)c(Cl)cn1. The van der Waals surface area contributed by atoms with Gasteiger partial charge in [-0.05, 0) is 12.5 Å². The lowest BCUT2D eigenvalue weighted by Crippen LogP contribution is -2.28. The molecule has 0 saturated carbocycles. The average molecular weight is 316 g/mol. The smallest absolute Gasteiger partial charge is 0.253 e. The van der Waals surface area contributed by atoms with E-state index in [2.05, 4.69) is 22.5 Å². The summed E-state index contributed by atoms with van der Waals surface area (Å²) in [6, 6.07) is 1.65. The molecule has 0 spiro atoms. The Morgan fingerprint density at radius 1 is 1.33 bits per heavy atom. The van der Waals surface area contributed by atoms with E-state index in [-0.39, 0.29) is 5.91 Å². The summed E-state index contributed by atoms with van der Waals surface area (Å²) in [7, 11) is 1.61. The molecule has 0 unspecified atom stereocenters. The van der Waals surface area contributed by atoms with Crippen LogP contribution in [0.3, 0.4) is 0 Å². The highest BCUT2D eigenvalue weighted by atomic mass is 35.5. The zero-order valence-corrected chi connectivity index (χ0v) is 13.2. The van der Waals surface area contributed by atoms with Crippen molar-refractivity contribution in [2.24, 2.45) is 0 Å². The second-order valence-corrected chi connectivity index (χ2v) is 4.74. The molecule has 0 saturated heterocycles. The van der Waals surface area contributed by atoms with E-state index in [4.69, 9.17) is 21.1 Å². The highest BCUT2D eigenvalue weighted by Crippen LogP contribution is 2.17. The highest BCUT2D eigenvalue weighted by molar-refractivity contribution is 6.33. The van der Waals surface area contributed by atoms with Crippen molar-refractivity contribution in [2.45, 2.75) is 13.3 Å². The Labute approximate surface area is 130 Å². The molecule has 1 aromatic rings. The molecule has 0 atom stereocenters. The number of halogens is 1. The van der Waals surface area contributed by atoms with Crippen LogP contribution in [0.4, 0.5) is 5.82 Å². The van der Waals surface area contributed by atoms with Crippen LogP contribution < -0.4 is 10.6 Å². The normalized spacial score (nSPS) is 10.4. The number of ether oxygens (including phenoxy) is 2. The average Bonchev–Trinajstić information content (AvgIpc) is 2.49. The maximum absolute atomic E-state index is 12.0. The molecule has 1 heterocycles. The van der Waals surface area contributed by atoms with Crippen LogP contribution in [0.2, 0.25) is 5.02 Å². The monoisotopic (exact) mass is 315 g/mol. The highest BCUT2D eigenvalue weighted by Gasteiger charge is 2.11. The number of nitrogens with zero attached hydrogens (tertiary/aromatic N) is 1. The van der Waals surface area contributed by atoms with Crippen molar-refractivity contribution >= 4 is 23.3 Å². The molecule has 0 aromatic carbocycles. The molecule has 2 N–H and O–H groups in total. The maximum Gasteiger partial charge on any atom is 0.253 e. The number of carbonyl (C=O) groups is 1. The summed E-state index contributed by atoms with van der Waals surface area (Å²) in [5.41, 5.74) is 0.405. The van der Waals surface area contributed by atoms with Crippen LogP contribution in [0, 0.1) is 0 Å². The quantitative estimate of drug-likeness (QED) is 0.646. The molecule has 1 rings (SSSR count). The number of rotatable bonds is 10. The number of anilines is 1. The molecule has 21 heavy (non-hydrogen) atoms. The van der Waals surface area contributed by atoms with Gasteiger partial charge in [0, 0.05) is 26.4 Å². The van der Waals surface area contributed by atoms with E-state index in [1.807, 2.05) is 0 Å². The minimum Gasteiger partial charge on any atom is -0.382 e. The van der Waals surface area contributed by atoms with Crippen LogP contribution in [0.5, 0.6) is 0 Å². The summed E-state index contributed by atoms with van der Waals surface area (Å²) >= 11 is 6.01. The Kier molecular flexibility index (Phi) is 8.73. The number of hydrogen-bond acceptors (Lipinski definition) is 5. The summed E-state index contributed by atoms with van der Waals surface area (Å²) < 4.78 is 10.1. The van der Waals surface area contributed by atoms with Gasteiger partial charge in [0.05, 0.1) is 30.4 Å². The zero-order valence-electron chi connectivity index (χ0n) is 12.4. The number of carbonyl (C=O) groups excluding carboxylic acids is 1. The zero-order chi connectivity index (χ0) is 15.5. The van der Waals surface area contributed by atoms with Gasteiger partial charge in [0.15, 0.2) is 0 Å². The van der Waals surface area contributed by atoms with Crippen LogP contribution in [-0.2, 0) is 9.47 Å². The third kappa shape index (κ3) is 6.75. The number of hydrogen-bond donors (Lipinski definition) is 2. The number of aromatic nitrogens is 1. The van der Waals surface area contributed by atoms with Crippen molar-refractivity contribution in [3.8, 4) is 0 Å². The van der Waals surface area contributed by atoms with E-state index in [0.29, 0.717) is 42.8 Å². The van der Waals surface area contributed by atoms with Crippen molar-refractivity contribution in [3.63, 3.8) is 0 Å². The van der Waals surface area contributed by atoms with Crippen molar-refractivity contribution in [2.75, 3.05) is 45.3 Å². The summed E-state index contributed by atoms with van der Waals surface area (Å²) in [6.07, 6.45) is 2.45. The fraction of sp³-hybridized carbons (Fsp3) is 0.571. The molecule has 1 aromatic heterocycles. The van der Waals surface area contributed by atoms with Crippen LogP contribution in [0.15, 0.2) is 12.3 Å². The lowest BCUT2D eigenvalue weighted by molar-refractivity contribution is 0.0693. The van der Waals surface area contributed by atoms with E-state index < -0.39 is 0 Å². The fourth-order valence-corrected chi connectivity index (χ4v) is 1.73. The lowest BCUT2D eigenvalue weighted by Gasteiger charge is -2.09. The van der Waals surface area contributed by atoms with Crippen molar-refractivity contribution in [1.82, 2.24) is 10.3 Å². The first kappa shape index (κ1) is 17.7. The largest absolute Gasteiger partial charge is 0.382 e. The predicted octanol–water partition coefficient (Wildman–Crippen LogP) is 1.95. The minimum absolute atomic E-state index is 0.239. The van der Waals surface area contributed by atoms with Crippen LogP contribution in [0.25, 0.3) is 0 Å². The number of nitrogens with one attached hydrogen (secondary N) is 2. The Morgan fingerprint density at radius 2 is 2.14 bits per heavy atom. The molecular weight excluding hydrogens is 294 g/mol. The van der Waals surface area contributed by atoms with E-state index in [1.54, 1.807) is 13.2 Å². The van der Waals surface area contributed by atoms with Gasteiger partial charge in [-0.25, -0.2) is 4.98 Å². The molecule has 0 radical (unpaired) electrons. The molecule has 0 bridgehead atoms. The molecule has 6 nitrogen and oxygen atoms in total. The van der Waals surface area contributed by atoms with Gasteiger partial charge in [0.25, 0.3) is 5.91 Å². The third-order valence-electron chi connectivity index (χ3n) is 2.62. The molecule has 0 aliphatic carbocycles. The minimum atomic E-state index is -0.239. The Bertz CT molecular complexity index is 443. The second kappa shape index (κ2) is 10.4. The summed E-state index contributed by atoms with van der Waals surface area (Å²) in [6.45, 7) is 4.74. The van der Waals surface area contributed by atoms with Gasteiger partial charge in [-0.2, -0.15) is 0 Å². The van der Waals surface area contributed by atoms with E-state index in [9.17, 15) is 4.79 Å². The molecular formula is C14H22ClN3O3. The molecule has 7 heteroatoms. The van der Waals surface area contributed by atoms with Crippen LogP contribution in [0.1, 0.15) is 23.7 Å². The summed E-state index contributed by atoms with van der Waals surface area (Å²) in [5, 5.41) is 6.20. The fourth-order valence-electron chi connectivity index (χ4n) is 1.54. The van der Waals surface area contributed by atoms with Gasteiger partial charge in [-0.1, -0.05) is 18.5 Å². The first-order valence-electron chi connectivity index (χ1n) is 6.93. The number of amides is 1. The predicted molar refractivity (Wildman–Crippen MR) is 83.1 cm³/mol. The molecule has 0 aliphatic heterocycles. The van der Waals surface area contributed by atoms with Crippen molar-refractivity contribution in [1.29, 1.82) is 0 Å². The Hall–Kier alpha value is -1.37. The second-order valence-electron chi connectivity index (χ2n) is 4.34.